The number of non-ortho nitro benzene ring substituents is 1. The van der Waals surface area contributed by atoms with E-state index in [1.165, 1.54) is 28.6 Å². The average molecular weight is 612 g/mol. The molecule has 0 aliphatic rings. The van der Waals surface area contributed by atoms with E-state index in [0.29, 0.717) is 43.6 Å². The molecule has 0 heterocycles. The number of nitrogens with two attached hydrogens (primary N) is 1. The molecule has 0 saturated carbocycles. The lowest BCUT2D eigenvalue weighted by molar-refractivity contribution is -0.384. The molecule has 0 saturated heterocycles. The van der Waals surface area contributed by atoms with E-state index in [4.69, 9.17) is 5.73 Å². The van der Waals surface area contributed by atoms with Crippen molar-refractivity contribution in [2.75, 3.05) is 36.9 Å². The molecule has 1 atom stereocenters. The van der Waals surface area contributed by atoms with Crippen LogP contribution in [0.4, 0.5) is 17.1 Å². The standard InChI is InChI=1S/C31H41N5O6S/c1-24(2)20-35(43(41,42)30-16-14-26(32)15-17-30)29(23-37)12-6-7-18-33-31(38)22-34(27-10-4-3-5-11-27)21-25-9-8-13-28(19-25)36(39)40/h3-5,8-11,13-17,19,24,29,37H,6-7,12,18,20-23,32H2,1-2H3,(H,33,38)/t29-/m0/s1. The maximum atomic E-state index is 13.4. The third-order valence-corrected chi connectivity index (χ3v) is 8.82. The number of amides is 1. The lowest BCUT2D eigenvalue weighted by Crippen LogP contribution is -2.44. The van der Waals surface area contributed by atoms with Gasteiger partial charge in [0.15, 0.2) is 0 Å². The summed E-state index contributed by atoms with van der Waals surface area (Å²) < 4.78 is 28.2. The van der Waals surface area contributed by atoms with Crippen molar-refractivity contribution >= 4 is 33.0 Å². The summed E-state index contributed by atoms with van der Waals surface area (Å²) >= 11 is 0. The molecule has 1 amide bonds. The largest absolute Gasteiger partial charge is 0.399 e. The summed E-state index contributed by atoms with van der Waals surface area (Å²) in [7, 11) is -3.85. The first-order chi connectivity index (χ1) is 20.5. The van der Waals surface area contributed by atoms with E-state index < -0.39 is 21.0 Å². The van der Waals surface area contributed by atoms with Gasteiger partial charge in [-0.2, -0.15) is 4.31 Å². The van der Waals surface area contributed by atoms with Crippen LogP contribution in [0.1, 0.15) is 38.7 Å². The van der Waals surface area contributed by atoms with Crippen molar-refractivity contribution in [1.29, 1.82) is 0 Å². The van der Waals surface area contributed by atoms with Crippen molar-refractivity contribution < 1.29 is 23.2 Å². The lowest BCUT2D eigenvalue weighted by Gasteiger charge is -2.31. The number of benzene rings is 3. The highest BCUT2D eigenvalue weighted by Crippen LogP contribution is 2.24. The molecule has 0 spiro atoms. The number of rotatable bonds is 17. The summed E-state index contributed by atoms with van der Waals surface area (Å²) in [5.41, 5.74) is 7.70. The summed E-state index contributed by atoms with van der Waals surface area (Å²) in [6, 6.07) is 21.1. The fourth-order valence-electron chi connectivity index (χ4n) is 4.73. The number of nitro benzene ring substituents is 1. The van der Waals surface area contributed by atoms with Gasteiger partial charge in [0.25, 0.3) is 5.69 Å². The quantitative estimate of drug-likeness (QED) is 0.0887. The molecule has 0 radical (unpaired) electrons. The molecule has 0 aliphatic carbocycles. The van der Waals surface area contributed by atoms with Crippen molar-refractivity contribution in [3.63, 3.8) is 0 Å². The zero-order valence-electron chi connectivity index (χ0n) is 24.6. The number of carbonyl (C=O) groups is 1. The Kier molecular flexibility index (Phi) is 12.5. The molecule has 11 nitrogen and oxygen atoms in total. The minimum atomic E-state index is -3.85. The molecule has 4 N–H and O–H groups in total. The third-order valence-electron chi connectivity index (χ3n) is 6.89. The van der Waals surface area contributed by atoms with Crippen LogP contribution in [0.3, 0.4) is 0 Å². The van der Waals surface area contributed by atoms with Gasteiger partial charge in [0, 0.05) is 49.2 Å². The number of sulfonamides is 1. The van der Waals surface area contributed by atoms with Crippen LogP contribution in [-0.2, 0) is 21.4 Å². The first-order valence-corrected chi connectivity index (χ1v) is 15.7. The van der Waals surface area contributed by atoms with Crippen LogP contribution in [0.25, 0.3) is 0 Å². The Morgan fingerprint density at radius 3 is 2.35 bits per heavy atom. The Balaban J connectivity index is 1.57. The number of anilines is 2. The number of nitrogens with zero attached hydrogens (tertiary/aromatic N) is 3. The zero-order valence-corrected chi connectivity index (χ0v) is 25.4. The fourth-order valence-corrected chi connectivity index (χ4v) is 6.54. The molecule has 0 unspecified atom stereocenters. The van der Waals surface area contributed by atoms with E-state index in [1.807, 2.05) is 49.1 Å². The van der Waals surface area contributed by atoms with Gasteiger partial charge in [0.05, 0.1) is 23.0 Å². The maximum Gasteiger partial charge on any atom is 0.269 e. The molecule has 3 aromatic rings. The predicted molar refractivity (Wildman–Crippen MR) is 168 cm³/mol. The molecule has 0 aromatic heterocycles. The second-order valence-electron chi connectivity index (χ2n) is 10.8. The normalized spacial score (nSPS) is 12.3. The number of nitro groups is 1. The van der Waals surface area contributed by atoms with Gasteiger partial charge in [0.1, 0.15) is 0 Å². The molecule has 3 aromatic carbocycles. The topological polar surface area (TPSA) is 159 Å². The fraction of sp³-hybridized carbons (Fsp3) is 0.387. The molecular formula is C31H41N5O6S. The van der Waals surface area contributed by atoms with Gasteiger partial charge in [-0.3, -0.25) is 14.9 Å². The summed E-state index contributed by atoms with van der Waals surface area (Å²) in [4.78, 5) is 25.6. The molecule has 0 fully saturated rings. The molecule has 232 valence electrons. The molecule has 0 bridgehead atoms. The van der Waals surface area contributed by atoms with E-state index in [9.17, 15) is 28.4 Å². The number of aliphatic hydroxyl groups excluding tert-OH is 1. The third kappa shape index (κ3) is 10.1. The summed E-state index contributed by atoms with van der Waals surface area (Å²) in [5.74, 6) is -0.160. The first kappa shape index (κ1) is 33.5. The van der Waals surface area contributed by atoms with Crippen molar-refractivity contribution in [3.8, 4) is 0 Å². The Labute approximate surface area is 253 Å². The zero-order chi connectivity index (χ0) is 31.4. The SMILES string of the molecule is CC(C)CN([C@H](CO)CCCCNC(=O)CN(Cc1cccc([N+](=O)[O-])c1)c1ccccc1)S(=O)(=O)c1ccc(N)cc1. The Morgan fingerprint density at radius 2 is 1.72 bits per heavy atom. The minimum Gasteiger partial charge on any atom is -0.399 e. The van der Waals surface area contributed by atoms with Gasteiger partial charge in [0.2, 0.25) is 15.9 Å². The molecule has 0 aliphatic heterocycles. The highest BCUT2D eigenvalue weighted by Gasteiger charge is 2.31. The van der Waals surface area contributed by atoms with Crippen LogP contribution < -0.4 is 16.0 Å². The van der Waals surface area contributed by atoms with E-state index in [-0.39, 0.29) is 42.1 Å². The summed E-state index contributed by atoms with van der Waals surface area (Å²) in [5, 5.41) is 24.3. The Hall–Kier alpha value is -4.00. The van der Waals surface area contributed by atoms with Crippen LogP contribution in [0.5, 0.6) is 0 Å². The second-order valence-corrected chi connectivity index (χ2v) is 12.7. The van der Waals surface area contributed by atoms with Crippen LogP contribution in [0.2, 0.25) is 0 Å². The second kappa shape index (κ2) is 16.0. The van der Waals surface area contributed by atoms with Gasteiger partial charge in [-0.25, -0.2) is 8.42 Å². The Bertz CT molecular complexity index is 1430. The highest BCUT2D eigenvalue weighted by atomic mass is 32.2. The van der Waals surface area contributed by atoms with Crippen molar-refractivity contribution in [1.82, 2.24) is 9.62 Å². The summed E-state index contributed by atoms with van der Waals surface area (Å²) in [6.07, 6.45) is 1.61. The summed E-state index contributed by atoms with van der Waals surface area (Å²) in [6.45, 7) is 4.52. The van der Waals surface area contributed by atoms with Crippen LogP contribution >= 0.6 is 0 Å². The highest BCUT2D eigenvalue weighted by molar-refractivity contribution is 7.89. The van der Waals surface area contributed by atoms with Gasteiger partial charge in [-0.05, 0) is 60.7 Å². The Morgan fingerprint density at radius 1 is 1.02 bits per heavy atom. The molecular weight excluding hydrogens is 570 g/mol. The van der Waals surface area contributed by atoms with Crippen molar-refractivity contribution in [2.24, 2.45) is 5.92 Å². The smallest absolute Gasteiger partial charge is 0.269 e. The van der Waals surface area contributed by atoms with Crippen LogP contribution in [0, 0.1) is 16.0 Å². The average Bonchev–Trinajstić information content (AvgIpc) is 2.98. The number of nitrogen functional groups attached to an aromatic ring is 1. The van der Waals surface area contributed by atoms with E-state index in [2.05, 4.69) is 5.32 Å². The van der Waals surface area contributed by atoms with Crippen LogP contribution in [-0.4, -0.2) is 60.9 Å². The first-order valence-electron chi connectivity index (χ1n) is 14.3. The van der Waals surface area contributed by atoms with E-state index in [1.54, 1.807) is 24.3 Å². The number of unbranched alkanes of at least 4 members (excludes halogenated alkanes) is 1. The van der Waals surface area contributed by atoms with Gasteiger partial charge in [-0.1, -0.05) is 50.6 Å². The number of para-hydroxylation sites is 1. The number of nitrogens with one attached hydrogen (secondary N) is 1. The number of aliphatic hydroxyl groups is 1. The number of hydrogen-bond donors (Lipinski definition) is 3. The minimum absolute atomic E-state index is 0.00984. The lowest BCUT2D eigenvalue weighted by atomic mass is 10.1. The molecule has 12 heteroatoms. The number of hydrogen-bond acceptors (Lipinski definition) is 8. The van der Waals surface area contributed by atoms with Gasteiger partial charge >= 0.3 is 0 Å². The number of carbonyl (C=O) groups excluding carboxylic acids is 1. The van der Waals surface area contributed by atoms with E-state index in [0.717, 1.165) is 5.69 Å². The molecule has 3 rings (SSSR count). The van der Waals surface area contributed by atoms with Gasteiger partial charge < -0.3 is 21.1 Å². The van der Waals surface area contributed by atoms with Crippen molar-refractivity contribution in [2.45, 2.75) is 50.6 Å². The monoisotopic (exact) mass is 611 g/mol. The van der Waals surface area contributed by atoms with Gasteiger partial charge in [-0.15, -0.1) is 0 Å². The molecule has 43 heavy (non-hydrogen) atoms. The van der Waals surface area contributed by atoms with Crippen LogP contribution in [0.15, 0.2) is 83.8 Å². The van der Waals surface area contributed by atoms with E-state index >= 15 is 0 Å². The maximum absolute atomic E-state index is 13.4. The van der Waals surface area contributed by atoms with Crippen molar-refractivity contribution in [3.05, 3.63) is 94.5 Å². The predicted octanol–water partition coefficient (Wildman–Crippen LogP) is 4.18.